The van der Waals surface area contributed by atoms with E-state index in [9.17, 15) is 9.59 Å². The molecule has 0 radical (unpaired) electrons. The average molecular weight is 435 g/mol. The van der Waals surface area contributed by atoms with Gasteiger partial charge >= 0.3 is 0 Å². The number of likely N-dealkylation sites (N-methyl/N-ethyl adjacent to an activating group) is 1. The van der Waals surface area contributed by atoms with Gasteiger partial charge in [-0.05, 0) is 64.2 Å². The number of nitrogens with zero attached hydrogens (tertiary/aromatic N) is 3. The Hall–Kier alpha value is -3.03. The molecule has 3 aromatic rings. The van der Waals surface area contributed by atoms with Crippen LogP contribution in [0.1, 0.15) is 27.0 Å². The van der Waals surface area contributed by atoms with E-state index in [4.69, 9.17) is 0 Å². The zero-order valence-electron chi connectivity index (χ0n) is 18.2. The summed E-state index contributed by atoms with van der Waals surface area (Å²) >= 11 is 1.41. The molecule has 1 aliphatic heterocycles. The first-order chi connectivity index (χ1) is 14.8. The minimum Gasteiger partial charge on any atom is -0.311 e. The van der Waals surface area contributed by atoms with Crippen LogP contribution in [0.5, 0.6) is 0 Å². The van der Waals surface area contributed by atoms with Gasteiger partial charge in [0.2, 0.25) is 5.91 Å². The highest BCUT2D eigenvalue weighted by atomic mass is 32.1. The molecule has 2 aromatic carbocycles. The largest absolute Gasteiger partial charge is 0.311 e. The van der Waals surface area contributed by atoms with Crippen LogP contribution in [-0.2, 0) is 11.2 Å². The van der Waals surface area contributed by atoms with Gasteiger partial charge in [-0.2, -0.15) is 0 Å². The minimum atomic E-state index is -0.156. The van der Waals surface area contributed by atoms with Crippen molar-refractivity contribution in [2.45, 2.75) is 20.3 Å². The molecule has 0 fully saturated rings. The maximum absolute atomic E-state index is 12.6. The molecule has 7 heteroatoms. The fraction of sp³-hybridized carbons (Fsp3) is 0.292. The average Bonchev–Trinajstić information content (AvgIpc) is 3.33. The SMILES string of the molecule is Cc1cc(C)cc(C(=O)Nc2nc(-c3ccc4c(c3)CCN4C(=O)CN(C)C)cs2)c1. The van der Waals surface area contributed by atoms with E-state index in [1.165, 1.54) is 11.3 Å². The lowest BCUT2D eigenvalue weighted by atomic mass is 10.1. The first-order valence-corrected chi connectivity index (χ1v) is 11.1. The van der Waals surface area contributed by atoms with E-state index in [-0.39, 0.29) is 11.8 Å². The number of hydrogen-bond acceptors (Lipinski definition) is 5. The van der Waals surface area contributed by atoms with Crippen LogP contribution in [-0.4, -0.2) is 48.9 Å². The fourth-order valence-electron chi connectivity index (χ4n) is 3.91. The molecule has 0 spiro atoms. The van der Waals surface area contributed by atoms with Gasteiger partial charge < -0.3 is 9.80 Å². The highest BCUT2D eigenvalue weighted by molar-refractivity contribution is 7.14. The number of aryl methyl sites for hydroxylation is 2. The molecule has 0 saturated carbocycles. The minimum absolute atomic E-state index is 0.113. The third-order valence-electron chi connectivity index (χ3n) is 5.23. The van der Waals surface area contributed by atoms with Gasteiger partial charge in [-0.25, -0.2) is 4.98 Å². The van der Waals surface area contributed by atoms with E-state index >= 15 is 0 Å². The molecule has 160 valence electrons. The highest BCUT2D eigenvalue weighted by Gasteiger charge is 2.25. The summed E-state index contributed by atoms with van der Waals surface area (Å²) in [4.78, 5) is 33.4. The Morgan fingerprint density at radius 1 is 1.13 bits per heavy atom. The zero-order chi connectivity index (χ0) is 22.1. The summed E-state index contributed by atoms with van der Waals surface area (Å²) in [5, 5.41) is 5.43. The van der Waals surface area contributed by atoms with E-state index in [2.05, 4.69) is 16.4 Å². The lowest BCUT2D eigenvalue weighted by Gasteiger charge is -2.19. The highest BCUT2D eigenvalue weighted by Crippen LogP contribution is 2.33. The second-order valence-corrected chi connectivity index (χ2v) is 9.10. The molecule has 0 atom stereocenters. The first kappa shape index (κ1) is 21.2. The second-order valence-electron chi connectivity index (χ2n) is 8.25. The van der Waals surface area contributed by atoms with Gasteiger partial charge in [0.25, 0.3) is 5.91 Å². The molecule has 0 unspecified atom stereocenters. The van der Waals surface area contributed by atoms with Crippen molar-refractivity contribution < 1.29 is 9.59 Å². The smallest absolute Gasteiger partial charge is 0.257 e. The summed E-state index contributed by atoms with van der Waals surface area (Å²) in [6.07, 6.45) is 0.836. The van der Waals surface area contributed by atoms with Gasteiger partial charge in [0.15, 0.2) is 5.13 Å². The van der Waals surface area contributed by atoms with E-state index in [1.807, 2.05) is 73.5 Å². The van der Waals surface area contributed by atoms with Crippen molar-refractivity contribution in [3.8, 4) is 11.3 Å². The number of benzene rings is 2. The number of thiazole rings is 1. The first-order valence-electron chi connectivity index (χ1n) is 10.2. The molecule has 31 heavy (non-hydrogen) atoms. The summed E-state index contributed by atoms with van der Waals surface area (Å²) in [6.45, 7) is 5.07. The quantitative estimate of drug-likeness (QED) is 0.656. The summed E-state index contributed by atoms with van der Waals surface area (Å²) in [6, 6.07) is 11.9. The summed E-state index contributed by atoms with van der Waals surface area (Å²) < 4.78 is 0. The number of carbonyl (C=O) groups excluding carboxylic acids is 2. The van der Waals surface area contributed by atoms with Crippen LogP contribution >= 0.6 is 11.3 Å². The van der Waals surface area contributed by atoms with E-state index < -0.39 is 0 Å². The molecule has 0 aliphatic carbocycles. The number of amides is 2. The zero-order valence-corrected chi connectivity index (χ0v) is 19.0. The van der Waals surface area contributed by atoms with E-state index in [0.717, 1.165) is 40.1 Å². The van der Waals surface area contributed by atoms with Crippen LogP contribution in [0.4, 0.5) is 10.8 Å². The third kappa shape index (κ3) is 4.68. The van der Waals surface area contributed by atoms with Gasteiger partial charge in [-0.3, -0.25) is 14.9 Å². The number of carbonyl (C=O) groups is 2. The van der Waals surface area contributed by atoms with Crippen molar-refractivity contribution in [2.24, 2.45) is 0 Å². The molecule has 1 aliphatic rings. The van der Waals surface area contributed by atoms with Crippen LogP contribution in [0.2, 0.25) is 0 Å². The Morgan fingerprint density at radius 3 is 2.58 bits per heavy atom. The molecule has 2 amide bonds. The van der Waals surface area contributed by atoms with Crippen LogP contribution in [0, 0.1) is 13.8 Å². The van der Waals surface area contributed by atoms with Crippen molar-refractivity contribution in [1.82, 2.24) is 9.88 Å². The molecule has 1 aromatic heterocycles. The number of aromatic nitrogens is 1. The number of fused-ring (bicyclic) bond motifs is 1. The van der Waals surface area contributed by atoms with Gasteiger partial charge in [-0.15, -0.1) is 11.3 Å². The maximum atomic E-state index is 12.6. The molecule has 4 rings (SSSR count). The van der Waals surface area contributed by atoms with Gasteiger partial charge in [0.1, 0.15) is 0 Å². The van der Waals surface area contributed by atoms with Crippen LogP contribution in [0.15, 0.2) is 41.8 Å². The topological polar surface area (TPSA) is 65.5 Å². The normalized spacial score (nSPS) is 12.9. The number of nitrogens with one attached hydrogen (secondary N) is 1. The van der Waals surface area contributed by atoms with Crippen LogP contribution < -0.4 is 10.2 Å². The van der Waals surface area contributed by atoms with E-state index in [1.54, 1.807) is 0 Å². The van der Waals surface area contributed by atoms with Crippen molar-refractivity contribution in [1.29, 1.82) is 0 Å². The Kier molecular flexibility index (Phi) is 5.89. The number of hydrogen-bond donors (Lipinski definition) is 1. The molecular weight excluding hydrogens is 408 g/mol. The molecule has 1 N–H and O–H groups in total. The molecule has 2 heterocycles. The summed E-state index contributed by atoms with van der Waals surface area (Å²) in [5.74, 6) is -0.0433. The molecular formula is C24H26N4O2S. The molecule has 6 nitrogen and oxygen atoms in total. The van der Waals surface area contributed by atoms with Crippen molar-refractivity contribution in [2.75, 3.05) is 37.4 Å². The standard InChI is InChI=1S/C24H26N4O2S/c1-15-9-16(2)11-19(10-15)23(30)26-24-25-20(14-31-24)17-5-6-21-18(12-17)7-8-28(21)22(29)13-27(3)4/h5-6,9-12,14H,7-8,13H2,1-4H3,(H,25,26,30). The Morgan fingerprint density at radius 2 is 1.87 bits per heavy atom. The van der Waals surface area contributed by atoms with Crippen molar-refractivity contribution in [3.05, 3.63) is 64.0 Å². The van der Waals surface area contributed by atoms with Gasteiger partial charge in [-0.1, -0.05) is 23.3 Å². The number of anilines is 2. The molecule has 0 bridgehead atoms. The maximum Gasteiger partial charge on any atom is 0.257 e. The molecule has 0 saturated heterocycles. The van der Waals surface area contributed by atoms with Crippen LogP contribution in [0.25, 0.3) is 11.3 Å². The lowest BCUT2D eigenvalue weighted by Crippen LogP contribution is -2.36. The summed E-state index contributed by atoms with van der Waals surface area (Å²) in [7, 11) is 3.80. The Bertz CT molecular complexity index is 1130. The predicted molar refractivity (Wildman–Crippen MR) is 126 cm³/mol. The predicted octanol–water partition coefficient (Wildman–Crippen LogP) is 4.13. The van der Waals surface area contributed by atoms with Gasteiger partial charge in [0, 0.05) is 28.7 Å². The van der Waals surface area contributed by atoms with Crippen LogP contribution in [0.3, 0.4) is 0 Å². The monoisotopic (exact) mass is 434 g/mol. The fourth-order valence-corrected chi connectivity index (χ4v) is 4.63. The van der Waals surface area contributed by atoms with Crippen molar-refractivity contribution >= 4 is 34.0 Å². The number of rotatable bonds is 5. The van der Waals surface area contributed by atoms with Gasteiger partial charge in [0.05, 0.1) is 12.2 Å². The Labute approximate surface area is 186 Å². The van der Waals surface area contributed by atoms with Crippen molar-refractivity contribution in [3.63, 3.8) is 0 Å². The lowest BCUT2D eigenvalue weighted by molar-refractivity contribution is -0.119. The second kappa shape index (κ2) is 8.61. The summed E-state index contributed by atoms with van der Waals surface area (Å²) in [5.41, 5.74) is 6.69. The third-order valence-corrected chi connectivity index (χ3v) is 5.99. The Balaban J connectivity index is 1.50. The van der Waals surface area contributed by atoms with E-state index in [0.29, 0.717) is 23.8 Å².